The van der Waals surface area contributed by atoms with E-state index < -0.39 is 52.5 Å². The molecule has 0 aromatic heterocycles. The van der Waals surface area contributed by atoms with Crippen molar-refractivity contribution < 1.29 is 26.4 Å². The van der Waals surface area contributed by atoms with Crippen LogP contribution in [0.4, 0.5) is 18.9 Å². The van der Waals surface area contributed by atoms with Crippen molar-refractivity contribution >= 4 is 34.9 Å². The maximum Gasteiger partial charge on any atom is 0.417 e. The highest BCUT2D eigenvalue weighted by molar-refractivity contribution is 7.94. The van der Waals surface area contributed by atoms with Crippen LogP contribution in [0.3, 0.4) is 0 Å². The van der Waals surface area contributed by atoms with Crippen LogP contribution in [0.1, 0.15) is 11.1 Å². The zero-order valence-corrected chi connectivity index (χ0v) is 20.1. The lowest BCUT2D eigenvalue weighted by Gasteiger charge is -2.35. The second-order valence-corrected chi connectivity index (χ2v) is 16.3. The first-order valence-corrected chi connectivity index (χ1v) is 15.4. The number of fused-ring (bicyclic) bond motifs is 5. The number of nitriles is 1. The molecule has 3 aliphatic rings. The summed E-state index contributed by atoms with van der Waals surface area (Å²) in [7, 11) is -6.45. The molecule has 176 valence electrons. The standard InChI is InChI=1S/C24H21F3N2O3SSi/c1-34(2,16-6-4-3-5-7-16)22-17-10-11-18(22)21-20(17)23(30)29(33(21,31)32)15-9-8-14(13-28)19(12-15)24(25,26)27/h3-12,17-18,20-22H,1-2H3/t17-,18+,20+,21-,22-/m1/s1. The SMILES string of the molecule is C[Si](C)(c1ccccc1)[C@@H]1[C@@H]2C=C[C@H]1[C@@H]1[C@H]2C(=O)N(c2ccc(C#N)c(C(F)(F)F)c2)S1(=O)=O. The Hall–Kier alpha value is -2.90. The predicted molar refractivity (Wildman–Crippen MR) is 123 cm³/mol. The van der Waals surface area contributed by atoms with Crippen LogP contribution in [-0.4, -0.2) is 27.6 Å². The molecule has 5 nitrogen and oxygen atoms in total. The van der Waals surface area contributed by atoms with E-state index in [1.165, 1.54) is 11.3 Å². The Bertz CT molecular complexity index is 1370. The lowest BCUT2D eigenvalue weighted by atomic mass is 9.92. The van der Waals surface area contributed by atoms with Gasteiger partial charge in [0.1, 0.15) is 0 Å². The summed E-state index contributed by atoms with van der Waals surface area (Å²) in [4.78, 5) is 13.5. The first-order valence-electron chi connectivity index (χ1n) is 10.8. The molecule has 10 heteroatoms. The summed E-state index contributed by atoms with van der Waals surface area (Å²) in [5, 5.41) is 9.22. The molecule has 34 heavy (non-hydrogen) atoms. The number of hydrogen-bond acceptors (Lipinski definition) is 4. The van der Waals surface area contributed by atoms with Crippen molar-refractivity contribution in [2.75, 3.05) is 4.31 Å². The highest BCUT2D eigenvalue weighted by atomic mass is 32.2. The third kappa shape index (κ3) is 3.03. The molecule has 1 heterocycles. The van der Waals surface area contributed by atoms with Crippen LogP contribution in [-0.2, 0) is 21.0 Å². The van der Waals surface area contributed by atoms with Crippen molar-refractivity contribution in [2.24, 2.45) is 17.8 Å². The van der Waals surface area contributed by atoms with Gasteiger partial charge in [0.25, 0.3) is 0 Å². The van der Waals surface area contributed by atoms with Crippen LogP contribution in [0.25, 0.3) is 0 Å². The number of allylic oxidation sites excluding steroid dienone is 2. The second kappa shape index (κ2) is 7.30. The van der Waals surface area contributed by atoms with Crippen LogP contribution >= 0.6 is 0 Å². The summed E-state index contributed by atoms with van der Waals surface area (Å²) in [6.07, 6.45) is -1.06. The average Bonchev–Trinajstić information content (AvgIpc) is 3.42. The maximum absolute atomic E-state index is 13.6. The van der Waals surface area contributed by atoms with Crippen LogP contribution in [0.15, 0.2) is 60.7 Å². The molecule has 5 rings (SSSR count). The summed E-state index contributed by atoms with van der Waals surface area (Å²) >= 11 is 0. The van der Waals surface area contributed by atoms with Crippen molar-refractivity contribution in [1.29, 1.82) is 5.26 Å². The Labute approximate surface area is 196 Å². The fourth-order valence-corrected chi connectivity index (χ4v) is 12.7. The number of alkyl halides is 3. The van der Waals surface area contributed by atoms with Crippen LogP contribution < -0.4 is 9.49 Å². The van der Waals surface area contributed by atoms with E-state index >= 15 is 0 Å². The maximum atomic E-state index is 13.6. The average molecular weight is 503 g/mol. The quantitative estimate of drug-likeness (QED) is 0.469. The molecule has 1 amide bonds. The molecule has 0 spiro atoms. The highest BCUT2D eigenvalue weighted by Gasteiger charge is 2.69. The Morgan fingerprint density at radius 3 is 2.26 bits per heavy atom. The number of sulfonamides is 1. The molecule has 2 aromatic carbocycles. The molecule has 1 aliphatic heterocycles. The van der Waals surface area contributed by atoms with Crippen LogP contribution in [0.2, 0.25) is 18.6 Å². The summed E-state index contributed by atoms with van der Waals surface area (Å²) in [5.41, 5.74) is -2.26. The van der Waals surface area contributed by atoms with Gasteiger partial charge in [-0.25, -0.2) is 12.7 Å². The topological polar surface area (TPSA) is 78.2 Å². The van der Waals surface area contributed by atoms with E-state index in [1.54, 1.807) is 0 Å². The number of benzene rings is 2. The van der Waals surface area contributed by atoms with Gasteiger partial charge in [-0.2, -0.15) is 18.4 Å². The van der Waals surface area contributed by atoms with Crippen molar-refractivity contribution in [2.45, 2.75) is 30.1 Å². The molecular formula is C24H21F3N2O3SSi. The van der Waals surface area contributed by atoms with Crippen molar-refractivity contribution in [3.63, 3.8) is 0 Å². The zero-order valence-electron chi connectivity index (χ0n) is 18.3. The molecule has 1 saturated heterocycles. The van der Waals surface area contributed by atoms with E-state index in [0.717, 1.165) is 12.1 Å². The number of amides is 1. The minimum absolute atomic E-state index is 0.00234. The summed E-state index contributed by atoms with van der Waals surface area (Å²) in [5.74, 6) is -2.19. The number of nitrogens with zero attached hydrogens (tertiary/aromatic N) is 2. The first-order chi connectivity index (χ1) is 15.9. The van der Waals surface area contributed by atoms with E-state index in [1.807, 2.05) is 42.5 Å². The monoisotopic (exact) mass is 502 g/mol. The molecule has 2 fully saturated rings. The molecule has 0 N–H and O–H groups in total. The fraction of sp³-hybridized carbons (Fsp3) is 0.333. The number of anilines is 1. The molecule has 0 unspecified atom stereocenters. The van der Waals surface area contributed by atoms with Gasteiger partial charge in [-0.3, -0.25) is 4.79 Å². The number of halogens is 3. The van der Waals surface area contributed by atoms with Crippen molar-refractivity contribution in [3.8, 4) is 6.07 Å². The van der Waals surface area contributed by atoms with Gasteiger partial charge in [0.2, 0.25) is 15.9 Å². The normalized spacial score (nSPS) is 29.4. The largest absolute Gasteiger partial charge is 0.417 e. The second-order valence-electron chi connectivity index (χ2n) is 9.63. The third-order valence-corrected chi connectivity index (χ3v) is 14.1. The smallest absolute Gasteiger partial charge is 0.273 e. The van der Waals surface area contributed by atoms with E-state index in [9.17, 15) is 26.4 Å². The molecule has 5 atom stereocenters. The van der Waals surface area contributed by atoms with Crippen molar-refractivity contribution in [3.05, 3.63) is 71.8 Å². The van der Waals surface area contributed by atoms with Gasteiger partial charge in [0.15, 0.2) is 0 Å². The van der Waals surface area contributed by atoms with Gasteiger partial charge >= 0.3 is 6.18 Å². The van der Waals surface area contributed by atoms with Crippen LogP contribution in [0.5, 0.6) is 0 Å². The number of carbonyl (C=O) groups is 1. The van der Waals surface area contributed by atoms with Gasteiger partial charge in [-0.1, -0.05) is 60.8 Å². The van der Waals surface area contributed by atoms with Gasteiger partial charge in [0.05, 0.1) is 42.1 Å². The van der Waals surface area contributed by atoms with E-state index in [-0.39, 0.29) is 23.1 Å². The number of hydrogen-bond donors (Lipinski definition) is 0. The molecule has 2 aliphatic carbocycles. The molecule has 0 radical (unpaired) electrons. The summed E-state index contributed by atoms with van der Waals surface area (Å²) in [6, 6.07) is 14.0. The minimum Gasteiger partial charge on any atom is -0.273 e. The third-order valence-electron chi connectivity index (χ3n) is 7.63. The highest BCUT2D eigenvalue weighted by Crippen LogP contribution is 2.61. The summed E-state index contributed by atoms with van der Waals surface area (Å²) < 4.78 is 68.3. The van der Waals surface area contributed by atoms with Gasteiger partial charge < -0.3 is 0 Å². The summed E-state index contributed by atoms with van der Waals surface area (Å²) in [6.45, 7) is 4.35. The van der Waals surface area contributed by atoms with Gasteiger partial charge in [-0.15, -0.1) is 0 Å². The minimum atomic E-state index is -4.86. The molecule has 2 bridgehead atoms. The lowest BCUT2D eigenvalue weighted by molar-refractivity contribution is -0.137. The molecule has 2 aromatic rings. The number of carbonyl (C=O) groups excluding carboxylic acids is 1. The molecular weight excluding hydrogens is 481 g/mol. The number of rotatable bonds is 3. The van der Waals surface area contributed by atoms with Crippen molar-refractivity contribution in [1.82, 2.24) is 0 Å². The first kappa shape index (κ1) is 22.9. The predicted octanol–water partition coefficient (Wildman–Crippen LogP) is 4.04. The Balaban J connectivity index is 1.57. The van der Waals surface area contributed by atoms with E-state index in [4.69, 9.17) is 5.26 Å². The van der Waals surface area contributed by atoms with Gasteiger partial charge in [-0.05, 0) is 35.6 Å². The Morgan fingerprint density at radius 2 is 1.68 bits per heavy atom. The Kier molecular flexibility index (Phi) is 4.91. The zero-order chi connectivity index (χ0) is 24.6. The van der Waals surface area contributed by atoms with Crippen LogP contribution in [0, 0.1) is 29.1 Å². The molecule has 1 saturated carbocycles. The fourth-order valence-electron chi connectivity index (χ4n) is 6.23. The lowest BCUT2D eigenvalue weighted by Crippen LogP contribution is -2.49. The van der Waals surface area contributed by atoms with E-state index in [0.29, 0.717) is 10.4 Å². The Morgan fingerprint density at radius 1 is 1.03 bits per heavy atom. The van der Waals surface area contributed by atoms with Gasteiger partial charge in [0, 0.05) is 0 Å². The van der Waals surface area contributed by atoms with E-state index in [2.05, 4.69) is 13.1 Å².